The number of Topliss-reactive ketones (excluding diaryl/α,β-unsaturated/α-hetero) is 1. The van der Waals surface area contributed by atoms with Gasteiger partial charge in [0.25, 0.3) is 5.91 Å². The van der Waals surface area contributed by atoms with Crippen molar-refractivity contribution in [2.45, 2.75) is 32.7 Å². The van der Waals surface area contributed by atoms with Crippen LogP contribution in [0.25, 0.3) is 0 Å². The fraction of sp³-hybridized carbons (Fsp3) is 0.269. The summed E-state index contributed by atoms with van der Waals surface area (Å²) < 4.78 is 7.34. The molecule has 174 valence electrons. The predicted molar refractivity (Wildman–Crippen MR) is 131 cm³/mol. The zero-order valence-electron chi connectivity index (χ0n) is 19.2. The highest BCUT2D eigenvalue weighted by molar-refractivity contribution is 6.30. The Bertz CT molecular complexity index is 1320. The maximum absolute atomic E-state index is 13.4. The largest absolute Gasteiger partial charge is 0.496 e. The Morgan fingerprint density at radius 1 is 1.18 bits per heavy atom. The summed E-state index contributed by atoms with van der Waals surface area (Å²) in [6, 6.07) is 14.0. The number of para-hydroxylation sites is 1. The number of benzene rings is 2. The van der Waals surface area contributed by atoms with Gasteiger partial charge in [-0.05, 0) is 42.2 Å². The van der Waals surface area contributed by atoms with Crippen molar-refractivity contribution >= 4 is 34.8 Å². The van der Waals surface area contributed by atoms with Crippen LogP contribution in [-0.2, 0) is 4.79 Å². The van der Waals surface area contributed by atoms with Gasteiger partial charge in [0.05, 0.1) is 13.3 Å². The SMILES string of the molecule is COc1ccccc1[C@H]1C2=C(CC(C)(C)CC2=O)Nc2c(C(=O)Nc3ccc(Cl)cc3)cnn21. The van der Waals surface area contributed by atoms with Gasteiger partial charge in [0.1, 0.15) is 23.2 Å². The molecular weight excluding hydrogens is 452 g/mol. The van der Waals surface area contributed by atoms with Gasteiger partial charge in [0, 0.05) is 34.0 Å². The second kappa shape index (κ2) is 8.33. The van der Waals surface area contributed by atoms with E-state index in [2.05, 4.69) is 29.6 Å². The van der Waals surface area contributed by atoms with Crippen molar-refractivity contribution in [3.8, 4) is 5.75 Å². The van der Waals surface area contributed by atoms with E-state index < -0.39 is 6.04 Å². The van der Waals surface area contributed by atoms with Crippen LogP contribution in [0.5, 0.6) is 5.75 Å². The smallest absolute Gasteiger partial charge is 0.261 e. The molecule has 7 nitrogen and oxygen atoms in total. The highest BCUT2D eigenvalue weighted by Crippen LogP contribution is 2.47. The Labute approximate surface area is 202 Å². The molecule has 0 saturated heterocycles. The van der Waals surface area contributed by atoms with E-state index >= 15 is 0 Å². The minimum atomic E-state index is -0.497. The molecule has 3 aromatic rings. The Morgan fingerprint density at radius 2 is 1.91 bits per heavy atom. The standard InChI is InChI=1S/C26H25ClN4O3/c1-26(2)12-19-22(20(32)13-26)23(17-6-4-5-7-21(17)34-3)31-24(30-19)18(14-28-31)25(33)29-16-10-8-15(27)9-11-16/h4-11,14,23,30H,12-13H2,1-3H3,(H,29,33)/t23-/m0/s1. The van der Waals surface area contributed by atoms with E-state index in [0.717, 1.165) is 11.3 Å². The van der Waals surface area contributed by atoms with E-state index in [9.17, 15) is 9.59 Å². The summed E-state index contributed by atoms with van der Waals surface area (Å²) in [5, 5.41) is 11.4. The van der Waals surface area contributed by atoms with Crippen molar-refractivity contribution in [2.24, 2.45) is 5.41 Å². The van der Waals surface area contributed by atoms with Crippen molar-refractivity contribution in [1.82, 2.24) is 9.78 Å². The monoisotopic (exact) mass is 476 g/mol. The number of hydrogen-bond donors (Lipinski definition) is 2. The van der Waals surface area contributed by atoms with Gasteiger partial charge in [-0.1, -0.05) is 43.6 Å². The van der Waals surface area contributed by atoms with E-state index in [1.165, 1.54) is 6.20 Å². The zero-order valence-corrected chi connectivity index (χ0v) is 19.9. The van der Waals surface area contributed by atoms with Crippen molar-refractivity contribution in [2.75, 3.05) is 17.7 Å². The van der Waals surface area contributed by atoms with E-state index in [4.69, 9.17) is 16.3 Å². The summed E-state index contributed by atoms with van der Waals surface area (Å²) in [6.07, 6.45) is 2.66. The minimum absolute atomic E-state index is 0.0722. The molecule has 1 aromatic heterocycles. The van der Waals surface area contributed by atoms with Gasteiger partial charge in [-0.25, -0.2) is 4.68 Å². The van der Waals surface area contributed by atoms with E-state index in [0.29, 0.717) is 46.3 Å². The first-order valence-electron chi connectivity index (χ1n) is 11.1. The average Bonchev–Trinajstić information content (AvgIpc) is 3.22. The molecule has 2 N–H and O–H groups in total. The number of methoxy groups -OCH3 is 1. The Balaban J connectivity index is 1.61. The molecule has 0 saturated carbocycles. The van der Waals surface area contributed by atoms with Gasteiger partial charge in [0.15, 0.2) is 5.78 Å². The third-order valence-electron chi connectivity index (χ3n) is 6.28. The highest BCUT2D eigenvalue weighted by Gasteiger charge is 2.43. The van der Waals surface area contributed by atoms with Crippen LogP contribution in [0.15, 0.2) is 66.0 Å². The molecule has 0 radical (unpaired) electrons. The van der Waals surface area contributed by atoms with Gasteiger partial charge in [0.2, 0.25) is 0 Å². The summed E-state index contributed by atoms with van der Waals surface area (Å²) in [7, 11) is 1.61. The molecule has 2 aromatic carbocycles. The molecule has 1 aliphatic heterocycles. The lowest BCUT2D eigenvalue weighted by atomic mass is 9.73. The second-order valence-corrected chi connectivity index (χ2v) is 9.85. The fourth-order valence-electron chi connectivity index (χ4n) is 4.79. The number of halogens is 1. The number of ether oxygens (including phenoxy) is 1. The summed E-state index contributed by atoms with van der Waals surface area (Å²) in [5.74, 6) is 0.974. The van der Waals surface area contributed by atoms with Crippen LogP contribution < -0.4 is 15.4 Å². The molecular formula is C26H25ClN4O3. The number of ketones is 1. The van der Waals surface area contributed by atoms with Gasteiger partial charge in [-0.3, -0.25) is 9.59 Å². The average molecular weight is 477 g/mol. The normalized spacial score (nSPS) is 18.6. The van der Waals surface area contributed by atoms with Crippen LogP contribution in [0, 0.1) is 5.41 Å². The lowest BCUT2D eigenvalue weighted by Crippen LogP contribution is -2.37. The molecule has 1 aliphatic carbocycles. The number of amides is 1. The van der Waals surface area contributed by atoms with Crippen molar-refractivity contribution in [3.05, 3.63) is 82.1 Å². The summed E-state index contributed by atoms with van der Waals surface area (Å²) in [5.41, 5.74) is 3.13. The topological polar surface area (TPSA) is 85.2 Å². The quantitative estimate of drug-likeness (QED) is 0.522. The summed E-state index contributed by atoms with van der Waals surface area (Å²) in [6.45, 7) is 4.16. The number of rotatable bonds is 4. The summed E-state index contributed by atoms with van der Waals surface area (Å²) in [4.78, 5) is 26.6. The van der Waals surface area contributed by atoms with Gasteiger partial charge in [-0.2, -0.15) is 5.10 Å². The molecule has 2 aliphatic rings. The molecule has 1 atom stereocenters. The van der Waals surface area contributed by atoms with Crippen LogP contribution in [0.1, 0.15) is 48.7 Å². The maximum Gasteiger partial charge on any atom is 0.261 e. The number of hydrogen-bond acceptors (Lipinski definition) is 5. The van der Waals surface area contributed by atoms with E-state index in [1.54, 1.807) is 36.1 Å². The molecule has 5 rings (SSSR count). The highest BCUT2D eigenvalue weighted by atomic mass is 35.5. The molecule has 0 fully saturated rings. The van der Waals surface area contributed by atoms with Crippen molar-refractivity contribution in [3.63, 3.8) is 0 Å². The number of allylic oxidation sites excluding steroid dienone is 2. The molecule has 2 heterocycles. The predicted octanol–water partition coefficient (Wildman–Crippen LogP) is 5.46. The first-order chi connectivity index (χ1) is 16.3. The number of nitrogens with zero attached hydrogens (tertiary/aromatic N) is 2. The lowest BCUT2D eigenvalue weighted by molar-refractivity contribution is -0.118. The van der Waals surface area contributed by atoms with Crippen LogP contribution in [0.2, 0.25) is 5.02 Å². The third kappa shape index (κ3) is 3.86. The van der Waals surface area contributed by atoms with Gasteiger partial charge < -0.3 is 15.4 Å². The fourth-order valence-corrected chi connectivity index (χ4v) is 4.91. The summed E-state index contributed by atoms with van der Waals surface area (Å²) >= 11 is 5.96. The van der Waals surface area contributed by atoms with E-state index in [1.807, 2.05) is 24.3 Å². The van der Waals surface area contributed by atoms with Crippen LogP contribution >= 0.6 is 11.6 Å². The van der Waals surface area contributed by atoms with Crippen LogP contribution in [0.3, 0.4) is 0 Å². The lowest BCUT2D eigenvalue weighted by Gasteiger charge is -2.39. The van der Waals surface area contributed by atoms with Crippen molar-refractivity contribution < 1.29 is 14.3 Å². The second-order valence-electron chi connectivity index (χ2n) is 9.42. The number of carbonyl (C=O) groups excluding carboxylic acids is 2. The third-order valence-corrected chi connectivity index (χ3v) is 6.53. The molecule has 0 bridgehead atoms. The number of anilines is 2. The van der Waals surface area contributed by atoms with E-state index in [-0.39, 0.29) is 17.1 Å². The van der Waals surface area contributed by atoms with Crippen molar-refractivity contribution in [1.29, 1.82) is 0 Å². The number of carbonyl (C=O) groups is 2. The molecule has 8 heteroatoms. The van der Waals surface area contributed by atoms with Crippen LogP contribution in [-0.4, -0.2) is 28.6 Å². The van der Waals surface area contributed by atoms with Gasteiger partial charge >= 0.3 is 0 Å². The maximum atomic E-state index is 13.4. The van der Waals surface area contributed by atoms with Gasteiger partial charge in [-0.15, -0.1) is 0 Å². The molecule has 1 amide bonds. The number of fused-ring (bicyclic) bond motifs is 1. The number of nitrogens with one attached hydrogen (secondary N) is 2. The minimum Gasteiger partial charge on any atom is -0.496 e. The first kappa shape index (κ1) is 22.2. The Morgan fingerprint density at radius 3 is 2.65 bits per heavy atom. The first-order valence-corrected chi connectivity index (χ1v) is 11.5. The molecule has 0 spiro atoms. The Hall–Kier alpha value is -3.58. The zero-order chi connectivity index (χ0) is 24.0. The molecule has 0 unspecified atom stereocenters. The molecule has 34 heavy (non-hydrogen) atoms. The van der Waals surface area contributed by atoms with Crippen LogP contribution in [0.4, 0.5) is 11.5 Å². The number of aromatic nitrogens is 2. The Kier molecular flexibility index (Phi) is 5.44.